The molecule has 3 aromatic rings. The zero-order chi connectivity index (χ0) is 16.4. The second-order valence-corrected chi connectivity index (χ2v) is 5.71. The lowest BCUT2D eigenvalue weighted by atomic mass is 10.2. The average molecular weight is 347 g/mol. The molecule has 1 heterocycles. The van der Waals surface area contributed by atoms with Crippen LogP contribution in [-0.4, -0.2) is 5.91 Å². The third kappa shape index (κ3) is 3.50. The van der Waals surface area contributed by atoms with Gasteiger partial charge in [-0.3, -0.25) is 4.79 Å². The highest BCUT2D eigenvalue weighted by molar-refractivity contribution is 6.35. The highest BCUT2D eigenvalue weighted by Gasteiger charge is 2.14. The van der Waals surface area contributed by atoms with E-state index >= 15 is 0 Å². The van der Waals surface area contributed by atoms with Gasteiger partial charge in [-0.25, -0.2) is 0 Å². The number of hydrogen-bond acceptors (Lipinski definition) is 3. The number of amides is 1. The van der Waals surface area contributed by atoms with Crippen molar-refractivity contribution >= 4 is 40.5 Å². The van der Waals surface area contributed by atoms with Gasteiger partial charge in [-0.15, -0.1) is 0 Å². The summed E-state index contributed by atoms with van der Waals surface area (Å²) in [6, 6.07) is 15.1. The summed E-state index contributed by atoms with van der Waals surface area (Å²) in [7, 11) is 0. The average Bonchev–Trinajstić information content (AvgIpc) is 3.02. The molecule has 0 unspecified atom stereocenters. The molecule has 116 valence electrons. The first-order valence-electron chi connectivity index (χ1n) is 6.75. The van der Waals surface area contributed by atoms with Crippen molar-refractivity contribution < 1.29 is 9.21 Å². The smallest absolute Gasteiger partial charge is 0.291 e. The molecule has 0 aliphatic rings. The van der Waals surface area contributed by atoms with Crippen LogP contribution < -0.4 is 11.1 Å². The van der Waals surface area contributed by atoms with Gasteiger partial charge in [0.1, 0.15) is 5.76 Å². The molecule has 0 radical (unpaired) electrons. The quantitative estimate of drug-likeness (QED) is 0.649. The molecule has 1 aromatic heterocycles. The number of nitrogens with two attached hydrogens (primary N) is 1. The maximum atomic E-state index is 12.2. The van der Waals surface area contributed by atoms with Crippen LogP contribution in [0, 0.1) is 0 Å². The number of nitrogens with one attached hydrogen (secondary N) is 1. The zero-order valence-electron chi connectivity index (χ0n) is 11.8. The lowest BCUT2D eigenvalue weighted by molar-refractivity contribution is 0.0997. The zero-order valence-corrected chi connectivity index (χ0v) is 13.4. The number of rotatable bonds is 3. The van der Waals surface area contributed by atoms with Gasteiger partial charge in [0.25, 0.3) is 5.91 Å². The van der Waals surface area contributed by atoms with E-state index < -0.39 is 0 Å². The summed E-state index contributed by atoms with van der Waals surface area (Å²) >= 11 is 12.1. The summed E-state index contributed by atoms with van der Waals surface area (Å²) in [5.74, 6) is 0.284. The fourth-order valence-corrected chi connectivity index (χ4v) is 2.43. The van der Waals surface area contributed by atoms with Gasteiger partial charge >= 0.3 is 0 Å². The normalized spacial score (nSPS) is 10.5. The largest absolute Gasteiger partial charge is 0.451 e. The minimum absolute atomic E-state index is 0.174. The number of benzene rings is 2. The third-order valence-corrected chi connectivity index (χ3v) is 3.76. The van der Waals surface area contributed by atoms with Gasteiger partial charge in [-0.05, 0) is 54.6 Å². The van der Waals surface area contributed by atoms with E-state index in [1.165, 1.54) is 0 Å². The van der Waals surface area contributed by atoms with Crippen LogP contribution in [0.15, 0.2) is 59.0 Å². The number of hydrogen-bond donors (Lipinski definition) is 2. The molecule has 0 aliphatic heterocycles. The lowest BCUT2D eigenvalue weighted by Gasteiger charge is -2.04. The van der Waals surface area contributed by atoms with Crippen molar-refractivity contribution in [3.05, 3.63) is 70.4 Å². The Balaban J connectivity index is 1.82. The molecule has 3 N–H and O–H groups in total. The molecule has 0 aliphatic carbocycles. The highest BCUT2D eigenvalue weighted by atomic mass is 35.5. The summed E-state index contributed by atoms with van der Waals surface area (Å²) in [6.45, 7) is 0. The second-order valence-electron chi connectivity index (χ2n) is 4.86. The molecule has 6 heteroatoms. The molecule has 23 heavy (non-hydrogen) atoms. The van der Waals surface area contributed by atoms with Gasteiger partial charge in [0, 0.05) is 22.0 Å². The Morgan fingerprint density at radius 1 is 1.00 bits per heavy atom. The van der Waals surface area contributed by atoms with Crippen LogP contribution in [0.3, 0.4) is 0 Å². The van der Waals surface area contributed by atoms with Crippen molar-refractivity contribution in [1.29, 1.82) is 0 Å². The number of anilines is 2. The molecule has 4 nitrogen and oxygen atoms in total. The van der Waals surface area contributed by atoms with Crippen molar-refractivity contribution in [2.24, 2.45) is 0 Å². The predicted molar refractivity (Wildman–Crippen MR) is 93.0 cm³/mol. The Morgan fingerprint density at radius 3 is 2.48 bits per heavy atom. The topological polar surface area (TPSA) is 68.3 Å². The van der Waals surface area contributed by atoms with Crippen LogP contribution in [0.2, 0.25) is 10.0 Å². The minimum Gasteiger partial charge on any atom is -0.451 e. The van der Waals surface area contributed by atoms with Gasteiger partial charge in [0.15, 0.2) is 5.76 Å². The van der Waals surface area contributed by atoms with Crippen molar-refractivity contribution in [3.63, 3.8) is 0 Å². The molecule has 1 amide bonds. The Hall–Kier alpha value is -2.43. The van der Waals surface area contributed by atoms with Crippen LogP contribution in [0.1, 0.15) is 10.6 Å². The van der Waals surface area contributed by atoms with Gasteiger partial charge in [-0.1, -0.05) is 23.2 Å². The highest BCUT2D eigenvalue weighted by Crippen LogP contribution is 2.32. The Morgan fingerprint density at radius 2 is 1.74 bits per heavy atom. The van der Waals surface area contributed by atoms with E-state index in [0.717, 1.165) is 0 Å². The molecular formula is C17H12Cl2N2O2. The maximum Gasteiger partial charge on any atom is 0.291 e. The van der Waals surface area contributed by atoms with Crippen molar-refractivity contribution in [2.45, 2.75) is 0 Å². The summed E-state index contributed by atoms with van der Waals surface area (Å²) in [4.78, 5) is 12.2. The molecule has 0 bridgehead atoms. The second kappa shape index (κ2) is 6.36. The van der Waals surface area contributed by atoms with Crippen molar-refractivity contribution in [3.8, 4) is 11.3 Å². The lowest BCUT2D eigenvalue weighted by Crippen LogP contribution is -2.10. The van der Waals surface area contributed by atoms with Gasteiger partial charge in [0.2, 0.25) is 0 Å². The Kier molecular flexibility index (Phi) is 4.28. The summed E-state index contributed by atoms with van der Waals surface area (Å²) in [6.07, 6.45) is 0. The van der Waals surface area contributed by atoms with Gasteiger partial charge < -0.3 is 15.5 Å². The molecule has 0 saturated carbocycles. The Bertz CT molecular complexity index is 857. The first-order chi connectivity index (χ1) is 11.0. The first kappa shape index (κ1) is 15.5. The third-order valence-electron chi connectivity index (χ3n) is 3.19. The fraction of sp³-hybridized carbons (Fsp3) is 0. The summed E-state index contributed by atoms with van der Waals surface area (Å²) in [5, 5.41) is 3.76. The molecule has 0 saturated heterocycles. The number of nitrogen functional groups attached to an aromatic ring is 1. The van der Waals surface area contributed by atoms with E-state index in [4.69, 9.17) is 33.4 Å². The van der Waals surface area contributed by atoms with Crippen molar-refractivity contribution in [2.75, 3.05) is 11.1 Å². The maximum absolute atomic E-state index is 12.2. The molecule has 0 spiro atoms. The van der Waals surface area contributed by atoms with E-state index in [0.29, 0.717) is 32.7 Å². The summed E-state index contributed by atoms with van der Waals surface area (Å²) in [5.41, 5.74) is 7.49. The molecule has 0 fully saturated rings. The van der Waals surface area contributed by atoms with E-state index in [1.54, 1.807) is 54.6 Å². The van der Waals surface area contributed by atoms with Crippen molar-refractivity contribution in [1.82, 2.24) is 0 Å². The monoisotopic (exact) mass is 346 g/mol. The van der Waals surface area contributed by atoms with Crippen LogP contribution in [0.25, 0.3) is 11.3 Å². The standard InChI is InChI=1S/C17H12Cl2N2O2/c18-10-1-6-14(19)13(9-10)15-7-8-16(23-15)17(22)21-12-4-2-11(20)3-5-12/h1-9H,20H2,(H,21,22). The minimum atomic E-state index is -0.362. The number of carbonyl (C=O) groups excluding carboxylic acids is 1. The van der Waals surface area contributed by atoms with E-state index in [9.17, 15) is 4.79 Å². The molecular weight excluding hydrogens is 335 g/mol. The number of carbonyl (C=O) groups is 1. The number of halogens is 2. The van der Waals surface area contributed by atoms with Crippen LogP contribution in [-0.2, 0) is 0 Å². The van der Waals surface area contributed by atoms with Crippen LogP contribution in [0.4, 0.5) is 11.4 Å². The van der Waals surface area contributed by atoms with E-state index in [-0.39, 0.29) is 11.7 Å². The fourth-order valence-electron chi connectivity index (χ4n) is 2.05. The molecule has 2 aromatic carbocycles. The Labute approximate surface area is 142 Å². The van der Waals surface area contributed by atoms with E-state index in [2.05, 4.69) is 5.32 Å². The van der Waals surface area contributed by atoms with Gasteiger partial charge in [-0.2, -0.15) is 0 Å². The number of furan rings is 1. The predicted octanol–water partition coefficient (Wildman–Crippen LogP) is 5.09. The van der Waals surface area contributed by atoms with Gasteiger partial charge in [0.05, 0.1) is 5.02 Å². The SMILES string of the molecule is Nc1ccc(NC(=O)c2ccc(-c3cc(Cl)ccc3Cl)o2)cc1. The van der Waals surface area contributed by atoms with E-state index in [1.807, 2.05) is 0 Å². The van der Waals surface area contributed by atoms with Crippen LogP contribution in [0.5, 0.6) is 0 Å². The summed E-state index contributed by atoms with van der Waals surface area (Å²) < 4.78 is 5.58. The molecule has 3 rings (SSSR count). The van der Waals surface area contributed by atoms with Crippen LogP contribution >= 0.6 is 23.2 Å². The first-order valence-corrected chi connectivity index (χ1v) is 7.51. The molecule has 0 atom stereocenters.